The lowest BCUT2D eigenvalue weighted by atomic mass is 9.82. The third kappa shape index (κ3) is 1.74. The van der Waals surface area contributed by atoms with Gasteiger partial charge >= 0.3 is 0 Å². The monoisotopic (exact) mass is 190 g/mol. The van der Waals surface area contributed by atoms with Crippen LogP contribution in [-0.2, 0) is 0 Å². The summed E-state index contributed by atoms with van der Waals surface area (Å²) in [4.78, 5) is 4.19. The second kappa shape index (κ2) is 3.99. The Labute approximate surface area is 85.5 Å². The van der Waals surface area contributed by atoms with Gasteiger partial charge in [-0.25, -0.2) is 4.98 Å². The van der Waals surface area contributed by atoms with Crippen molar-refractivity contribution in [3.8, 4) is 0 Å². The highest BCUT2D eigenvalue weighted by atomic mass is 14.8. The van der Waals surface area contributed by atoms with E-state index in [1.807, 2.05) is 0 Å². The summed E-state index contributed by atoms with van der Waals surface area (Å²) in [7, 11) is 0. The van der Waals surface area contributed by atoms with Crippen LogP contribution in [-0.4, -0.2) is 4.98 Å². The molecule has 1 aliphatic carbocycles. The van der Waals surface area contributed by atoms with Crippen molar-refractivity contribution >= 4 is 5.82 Å². The standard InChI is InChI=1S/C12H18N2/c1-9-7-8-14-12(13)11(9)10-5-3-2-4-6-10/h7-8,10H,2-6H2,1H3,(H2,13,14). The Morgan fingerprint density at radius 3 is 2.64 bits per heavy atom. The molecule has 2 rings (SSSR count). The SMILES string of the molecule is Cc1ccnc(N)c1C1CCCCC1. The summed E-state index contributed by atoms with van der Waals surface area (Å²) in [6.45, 7) is 2.14. The van der Waals surface area contributed by atoms with Gasteiger partial charge in [-0.2, -0.15) is 0 Å². The first-order valence-corrected chi connectivity index (χ1v) is 5.50. The van der Waals surface area contributed by atoms with Gasteiger partial charge in [-0.15, -0.1) is 0 Å². The number of anilines is 1. The number of nitrogens with two attached hydrogens (primary N) is 1. The fraction of sp³-hybridized carbons (Fsp3) is 0.583. The number of nitrogen functional groups attached to an aromatic ring is 1. The molecule has 14 heavy (non-hydrogen) atoms. The van der Waals surface area contributed by atoms with Crippen LogP contribution >= 0.6 is 0 Å². The van der Waals surface area contributed by atoms with Crippen LogP contribution in [0.1, 0.15) is 49.1 Å². The lowest BCUT2D eigenvalue weighted by molar-refractivity contribution is 0.442. The molecule has 0 unspecified atom stereocenters. The van der Waals surface area contributed by atoms with Gasteiger partial charge in [-0.05, 0) is 37.3 Å². The van der Waals surface area contributed by atoms with Crippen molar-refractivity contribution in [3.63, 3.8) is 0 Å². The second-order valence-electron chi connectivity index (χ2n) is 4.26. The minimum absolute atomic E-state index is 0.664. The van der Waals surface area contributed by atoms with E-state index in [2.05, 4.69) is 18.0 Å². The lowest BCUT2D eigenvalue weighted by Crippen LogP contribution is -2.10. The molecule has 1 fully saturated rings. The molecule has 1 heterocycles. The molecular formula is C12H18N2. The molecular weight excluding hydrogens is 172 g/mol. The van der Waals surface area contributed by atoms with Crippen molar-refractivity contribution in [2.75, 3.05) is 5.73 Å². The molecule has 0 amide bonds. The smallest absolute Gasteiger partial charge is 0.127 e. The molecule has 1 aromatic rings. The summed E-state index contributed by atoms with van der Waals surface area (Å²) >= 11 is 0. The molecule has 2 nitrogen and oxygen atoms in total. The minimum atomic E-state index is 0.664. The average Bonchev–Trinajstić information content (AvgIpc) is 2.19. The average molecular weight is 190 g/mol. The fourth-order valence-corrected chi connectivity index (χ4v) is 2.51. The van der Waals surface area contributed by atoms with Gasteiger partial charge in [0.2, 0.25) is 0 Å². The quantitative estimate of drug-likeness (QED) is 0.739. The van der Waals surface area contributed by atoms with E-state index < -0.39 is 0 Å². The van der Waals surface area contributed by atoms with Crippen LogP contribution in [0, 0.1) is 6.92 Å². The Balaban J connectivity index is 2.29. The predicted molar refractivity (Wildman–Crippen MR) is 59.2 cm³/mol. The zero-order valence-electron chi connectivity index (χ0n) is 8.79. The number of hydrogen-bond acceptors (Lipinski definition) is 2. The normalized spacial score (nSPS) is 18.4. The molecule has 0 bridgehead atoms. The molecule has 0 aromatic carbocycles. The topological polar surface area (TPSA) is 38.9 Å². The van der Waals surface area contributed by atoms with Gasteiger partial charge in [-0.3, -0.25) is 0 Å². The summed E-state index contributed by atoms with van der Waals surface area (Å²) in [5.74, 6) is 1.41. The Kier molecular flexibility index (Phi) is 2.71. The van der Waals surface area contributed by atoms with Crippen LogP contribution in [0.4, 0.5) is 5.82 Å². The van der Waals surface area contributed by atoms with Crippen LogP contribution in [0.2, 0.25) is 0 Å². The molecule has 0 radical (unpaired) electrons. The highest BCUT2D eigenvalue weighted by Gasteiger charge is 2.19. The van der Waals surface area contributed by atoms with E-state index in [9.17, 15) is 0 Å². The number of aryl methyl sites for hydroxylation is 1. The van der Waals surface area contributed by atoms with Crippen molar-refractivity contribution in [3.05, 3.63) is 23.4 Å². The molecule has 1 aliphatic rings. The van der Waals surface area contributed by atoms with Crippen LogP contribution < -0.4 is 5.73 Å². The van der Waals surface area contributed by atoms with Crippen molar-refractivity contribution in [1.29, 1.82) is 0 Å². The Hall–Kier alpha value is -1.05. The number of nitrogens with zero attached hydrogens (tertiary/aromatic N) is 1. The third-order valence-corrected chi connectivity index (χ3v) is 3.25. The minimum Gasteiger partial charge on any atom is -0.383 e. The predicted octanol–water partition coefficient (Wildman–Crippen LogP) is 3.02. The van der Waals surface area contributed by atoms with Crippen molar-refractivity contribution in [1.82, 2.24) is 4.98 Å². The van der Waals surface area contributed by atoms with Crippen LogP contribution in [0.15, 0.2) is 12.3 Å². The van der Waals surface area contributed by atoms with Crippen LogP contribution in [0.25, 0.3) is 0 Å². The van der Waals surface area contributed by atoms with E-state index in [0.29, 0.717) is 5.92 Å². The highest BCUT2D eigenvalue weighted by molar-refractivity contribution is 5.46. The summed E-state index contributed by atoms with van der Waals surface area (Å²) in [5.41, 5.74) is 8.56. The number of pyridine rings is 1. The van der Waals surface area contributed by atoms with Crippen LogP contribution in [0.3, 0.4) is 0 Å². The maximum absolute atomic E-state index is 5.94. The molecule has 2 heteroatoms. The second-order valence-corrected chi connectivity index (χ2v) is 4.26. The molecule has 1 saturated carbocycles. The summed E-state index contributed by atoms with van der Waals surface area (Å²) < 4.78 is 0. The molecule has 76 valence electrons. The van der Waals surface area contributed by atoms with E-state index in [4.69, 9.17) is 5.73 Å². The van der Waals surface area contributed by atoms with Crippen molar-refractivity contribution in [2.24, 2.45) is 0 Å². The first-order chi connectivity index (χ1) is 6.79. The highest BCUT2D eigenvalue weighted by Crippen LogP contribution is 2.36. The zero-order chi connectivity index (χ0) is 9.97. The van der Waals surface area contributed by atoms with E-state index >= 15 is 0 Å². The van der Waals surface area contributed by atoms with Gasteiger partial charge in [0.05, 0.1) is 0 Å². The summed E-state index contributed by atoms with van der Waals surface area (Å²) in [6.07, 6.45) is 8.46. The molecule has 0 atom stereocenters. The van der Waals surface area contributed by atoms with Gasteiger partial charge in [0, 0.05) is 11.8 Å². The maximum Gasteiger partial charge on any atom is 0.127 e. The maximum atomic E-state index is 5.94. The fourth-order valence-electron chi connectivity index (χ4n) is 2.51. The summed E-state index contributed by atoms with van der Waals surface area (Å²) in [6, 6.07) is 2.07. The van der Waals surface area contributed by atoms with Crippen LogP contribution in [0.5, 0.6) is 0 Å². The molecule has 0 spiro atoms. The van der Waals surface area contributed by atoms with E-state index in [-0.39, 0.29) is 0 Å². The van der Waals surface area contributed by atoms with Gasteiger partial charge in [-0.1, -0.05) is 19.3 Å². The molecule has 1 aromatic heterocycles. The van der Waals surface area contributed by atoms with Gasteiger partial charge < -0.3 is 5.73 Å². The van der Waals surface area contributed by atoms with Crippen molar-refractivity contribution in [2.45, 2.75) is 44.9 Å². The molecule has 0 saturated heterocycles. The van der Waals surface area contributed by atoms with Gasteiger partial charge in [0.15, 0.2) is 0 Å². The number of rotatable bonds is 1. The number of hydrogen-bond donors (Lipinski definition) is 1. The largest absolute Gasteiger partial charge is 0.383 e. The van der Waals surface area contributed by atoms with Gasteiger partial charge in [0.1, 0.15) is 5.82 Å². The lowest BCUT2D eigenvalue weighted by Gasteiger charge is -2.24. The van der Waals surface area contributed by atoms with E-state index in [1.165, 1.54) is 43.2 Å². The third-order valence-electron chi connectivity index (χ3n) is 3.25. The van der Waals surface area contributed by atoms with E-state index in [0.717, 1.165) is 5.82 Å². The first kappa shape index (κ1) is 9.50. The van der Waals surface area contributed by atoms with Crippen molar-refractivity contribution < 1.29 is 0 Å². The van der Waals surface area contributed by atoms with Gasteiger partial charge in [0.25, 0.3) is 0 Å². The first-order valence-electron chi connectivity index (χ1n) is 5.50. The summed E-state index contributed by atoms with van der Waals surface area (Å²) in [5, 5.41) is 0. The molecule has 0 aliphatic heterocycles. The molecule has 2 N–H and O–H groups in total. The Bertz CT molecular complexity index is 294. The zero-order valence-corrected chi connectivity index (χ0v) is 8.79. The van der Waals surface area contributed by atoms with E-state index in [1.54, 1.807) is 6.20 Å². The Morgan fingerprint density at radius 1 is 1.29 bits per heavy atom. The Morgan fingerprint density at radius 2 is 2.00 bits per heavy atom. The number of aromatic nitrogens is 1.